The van der Waals surface area contributed by atoms with Gasteiger partial charge in [0.2, 0.25) is 0 Å². The average molecular weight is 602 g/mol. The number of thiophene rings is 1. The number of rotatable bonds is 14. The first-order valence-corrected chi connectivity index (χ1v) is 14.5. The topological polar surface area (TPSA) is 119 Å². The summed E-state index contributed by atoms with van der Waals surface area (Å²) in [4.78, 5) is 43.0. The number of halogens is 1. The number of carbonyl (C=O) groups is 1. The Balaban J connectivity index is 1.96. The minimum absolute atomic E-state index is 0.0484. The van der Waals surface area contributed by atoms with Crippen LogP contribution < -0.4 is 16.0 Å². The summed E-state index contributed by atoms with van der Waals surface area (Å²) < 4.78 is 33.8. The van der Waals surface area contributed by atoms with Gasteiger partial charge in [0.1, 0.15) is 27.5 Å². The predicted octanol–water partition coefficient (Wildman–Crippen LogP) is 4.23. The quantitative estimate of drug-likeness (QED) is 0.197. The third kappa shape index (κ3) is 6.37. The van der Waals surface area contributed by atoms with Crippen molar-refractivity contribution in [2.75, 3.05) is 27.4 Å². The van der Waals surface area contributed by atoms with Crippen molar-refractivity contribution in [3.8, 4) is 10.8 Å². The number of carbonyl (C=O) groups excluding carboxylic acids is 1. The normalized spacial score (nSPS) is 13.1. The van der Waals surface area contributed by atoms with Gasteiger partial charge in [-0.25, -0.2) is 13.8 Å². The van der Waals surface area contributed by atoms with E-state index in [4.69, 9.17) is 14.2 Å². The monoisotopic (exact) mass is 601 g/mol. The summed E-state index contributed by atoms with van der Waals surface area (Å²) in [6.45, 7) is 7.74. The minimum atomic E-state index is -1.00. The Labute approximate surface area is 246 Å². The van der Waals surface area contributed by atoms with Crippen molar-refractivity contribution >= 4 is 27.3 Å². The number of ketones is 1. The van der Waals surface area contributed by atoms with Crippen molar-refractivity contribution in [1.82, 2.24) is 24.1 Å². The van der Waals surface area contributed by atoms with Crippen molar-refractivity contribution < 1.29 is 23.4 Å². The lowest BCUT2D eigenvalue weighted by atomic mass is 10.0. The van der Waals surface area contributed by atoms with Crippen LogP contribution in [-0.4, -0.2) is 57.3 Å². The number of benzene rings is 1. The van der Waals surface area contributed by atoms with E-state index in [9.17, 15) is 18.8 Å². The van der Waals surface area contributed by atoms with Gasteiger partial charge in [0, 0.05) is 37.9 Å². The summed E-state index contributed by atoms with van der Waals surface area (Å²) in [7, 11) is 3.05. The van der Waals surface area contributed by atoms with Crippen LogP contribution in [-0.2, 0) is 20.8 Å². The highest BCUT2D eigenvalue weighted by Crippen LogP contribution is 2.34. The fourth-order valence-electron chi connectivity index (χ4n) is 4.88. The van der Waals surface area contributed by atoms with Gasteiger partial charge in [-0.2, -0.15) is 10.2 Å². The van der Waals surface area contributed by atoms with Crippen molar-refractivity contribution in [2.45, 2.75) is 59.2 Å². The molecule has 4 rings (SSSR count). The summed E-state index contributed by atoms with van der Waals surface area (Å²) in [5.74, 6) is -0.288. The van der Waals surface area contributed by atoms with Gasteiger partial charge in [-0.1, -0.05) is 25.2 Å². The van der Waals surface area contributed by atoms with Gasteiger partial charge in [0.05, 0.1) is 37.5 Å². The molecule has 0 amide bonds. The van der Waals surface area contributed by atoms with Crippen LogP contribution in [0.3, 0.4) is 0 Å². The maximum Gasteiger partial charge on any atom is 0.332 e. The zero-order valence-electron chi connectivity index (χ0n) is 24.6. The van der Waals surface area contributed by atoms with Gasteiger partial charge < -0.3 is 14.2 Å². The Morgan fingerprint density at radius 3 is 2.45 bits per heavy atom. The second-order valence-corrected chi connectivity index (χ2v) is 11.4. The number of nitrogens with zero attached hydrogens (tertiary/aromatic N) is 5. The van der Waals surface area contributed by atoms with Crippen LogP contribution in [0.5, 0.6) is 5.75 Å². The molecule has 0 radical (unpaired) electrons. The van der Waals surface area contributed by atoms with E-state index in [1.807, 2.05) is 13.8 Å². The molecule has 3 heterocycles. The van der Waals surface area contributed by atoms with Gasteiger partial charge in [-0.15, -0.1) is 4.80 Å². The van der Waals surface area contributed by atoms with E-state index in [1.165, 1.54) is 58.4 Å². The van der Waals surface area contributed by atoms with E-state index in [2.05, 4.69) is 10.2 Å². The third-order valence-corrected chi connectivity index (χ3v) is 8.26. The van der Waals surface area contributed by atoms with Gasteiger partial charge in [-0.3, -0.25) is 14.2 Å². The molecule has 0 bridgehead atoms. The predicted molar refractivity (Wildman–Crippen MR) is 157 cm³/mol. The lowest BCUT2D eigenvalue weighted by Crippen LogP contribution is -2.44. The molecule has 0 saturated carbocycles. The maximum atomic E-state index is 14.5. The molecule has 4 aromatic rings. The largest absolute Gasteiger partial charge is 0.496 e. The first kappa shape index (κ1) is 31.3. The van der Waals surface area contributed by atoms with E-state index >= 15 is 0 Å². The smallest absolute Gasteiger partial charge is 0.332 e. The summed E-state index contributed by atoms with van der Waals surface area (Å²) in [6, 6.07) is 3.09. The van der Waals surface area contributed by atoms with Gasteiger partial charge in [-0.05, 0) is 44.4 Å². The Morgan fingerprint density at radius 1 is 1.10 bits per heavy atom. The molecule has 0 aliphatic rings. The molecule has 13 heteroatoms. The number of fused-ring (bicyclic) bond motifs is 1. The summed E-state index contributed by atoms with van der Waals surface area (Å²) in [6.07, 6.45) is 2.96. The third-order valence-electron chi connectivity index (χ3n) is 6.98. The highest BCUT2D eigenvalue weighted by Gasteiger charge is 2.29. The second kappa shape index (κ2) is 13.5. The summed E-state index contributed by atoms with van der Waals surface area (Å²) >= 11 is 1.18. The minimum Gasteiger partial charge on any atom is -0.496 e. The number of hydrogen-bond acceptors (Lipinski definition) is 9. The van der Waals surface area contributed by atoms with Crippen molar-refractivity contribution in [3.63, 3.8) is 0 Å². The first-order valence-electron chi connectivity index (χ1n) is 13.7. The van der Waals surface area contributed by atoms with E-state index in [0.717, 1.165) is 4.57 Å². The Kier molecular flexibility index (Phi) is 10.1. The molecule has 2 atom stereocenters. The second-order valence-electron chi connectivity index (χ2n) is 10.4. The summed E-state index contributed by atoms with van der Waals surface area (Å²) in [5, 5.41) is 9.26. The molecule has 1 aromatic carbocycles. The number of hydrogen-bond donors (Lipinski definition) is 0. The molecule has 11 nitrogen and oxygen atoms in total. The molecule has 0 fully saturated rings. The zero-order chi connectivity index (χ0) is 30.6. The van der Waals surface area contributed by atoms with Crippen molar-refractivity contribution in [2.24, 2.45) is 5.92 Å². The van der Waals surface area contributed by atoms with Crippen LogP contribution >= 0.6 is 11.3 Å². The summed E-state index contributed by atoms with van der Waals surface area (Å²) in [5.41, 5.74) is -0.259. The highest BCUT2D eigenvalue weighted by molar-refractivity contribution is 7.21. The standard InChI is InChI=1S/C29H36FN5O6S/c1-17(2)14-22(36)19(4)34-26(37)25-18(3)27(35-31-10-11-32-35)42-28(25)33(29(34)38)16-24(41-13-7-12-39-5)21-15-20(30)8-9-23(21)40-6/h8-11,15,17,19,24H,7,12-14,16H2,1-6H3/t19-,24+/m1/s1. The molecule has 0 saturated heterocycles. The van der Waals surface area contributed by atoms with Crippen LogP contribution in [0.2, 0.25) is 0 Å². The lowest BCUT2D eigenvalue weighted by molar-refractivity contribution is -0.122. The highest BCUT2D eigenvalue weighted by atomic mass is 32.1. The Morgan fingerprint density at radius 2 is 1.81 bits per heavy atom. The number of aryl methyl sites for hydroxylation is 1. The molecule has 0 spiro atoms. The van der Waals surface area contributed by atoms with Crippen LogP contribution in [0, 0.1) is 18.7 Å². The number of aromatic nitrogens is 5. The van der Waals surface area contributed by atoms with Crippen molar-refractivity contribution in [3.05, 3.63) is 68.4 Å². The molecule has 42 heavy (non-hydrogen) atoms. The van der Waals surface area contributed by atoms with E-state index in [0.29, 0.717) is 39.7 Å². The number of ether oxygens (including phenoxy) is 3. The molecule has 0 aliphatic heterocycles. The van der Waals surface area contributed by atoms with E-state index in [1.54, 1.807) is 21.0 Å². The molecule has 226 valence electrons. The van der Waals surface area contributed by atoms with Crippen LogP contribution in [0.25, 0.3) is 15.2 Å². The Hall–Kier alpha value is -3.68. The van der Waals surface area contributed by atoms with Crippen LogP contribution in [0.15, 0.2) is 40.2 Å². The molecular weight excluding hydrogens is 565 g/mol. The molecule has 0 unspecified atom stereocenters. The number of Topliss-reactive ketones (excluding diaryl/α,β-unsaturated/α-hetero) is 1. The Bertz CT molecular complexity index is 1660. The van der Waals surface area contributed by atoms with Crippen LogP contribution in [0.4, 0.5) is 4.39 Å². The van der Waals surface area contributed by atoms with Gasteiger partial charge >= 0.3 is 5.69 Å². The molecule has 0 N–H and O–H groups in total. The van der Waals surface area contributed by atoms with Gasteiger partial charge in [0.15, 0.2) is 5.78 Å². The molecule has 0 aliphatic carbocycles. The fourth-order valence-corrected chi connectivity index (χ4v) is 6.10. The van der Waals surface area contributed by atoms with Gasteiger partial charge in [0.25, 0.3) is 5.56 Å². The fraction of sp³-hybridized carbons (Fsp3) is 0.483. The lowest BCUT2D eigenvalue weighted by Gasteiger charge is -2.23. The van der Waals surface area contributed by atoms with E-state index in [-0.39, 0.29) is 36.7 Å². The van der Waals surface area contributed by atoms with Crippen LogP contribution in [0.1, 0.15) is 56.9 Å². The first-order chi connectivity index (χ1) is 20.1. The maximum absolute atomic E-state index is 14.5. The average Bonchev–Trinajstić information content (AvgIpc) is 3.60. The SMILES string of the molecule is COCCCO[C@@H](Cn1c(=O)n([C@H](C)C(=O)CC(C)C)c(=O)c2c(C)c(-n3nccn3)sc21)c1cc(F)ccc1OC. The molecule has 3 aromatic heterocycles. The van der Waals surface area contributed by atoms with E-state index < -0.39 is 29.2 Å². The zero-order valence-corrected chi connectivity index (χ0v) is 25.4. The number of methoxy groups -OCH3 is 2. The molecular formula is C29H36FN5O6S. The van der Waals surface area contributed by atoms with Crippen molar-refractivity contribution in [1.29, 1.82) is 0 Å².